The maximum absolute atomic E-state index is 8.26. The molecule has 0 aliphatic carbocycles. The Bertz CT molecular complexity index is 1010. The zero-order valence-electron chi connectivity index (χ0n) is 16.6. The molecular formula is C22H24N4OS. The van der Waals surface area contributed by atoms with Crippen LogP contribution < -0.4 is 4.74 Å². The second-order valence-corrected chi connectivity index (χ2v) is 7.78. The topological polar surface area (TPSA) is 71.2 Å². The van der Waals surface area contributed by atoms with Crippen LogP contribution in [-0.4, -0.2) is 29.0 Å². The molecule has 0 fully saturated rings. The van der Waals surface area contributed by atoms with Gasteiger partial charge in [0.25, 0.3) is 0 Å². The third-order valence-corrected chi connectivity index (χ3v) is 5.54. The largest absolute Gasteiger partial charge is 0.481 e. The molecule has 1 aromatic carbocycles. The number of aryl methyl sites for hydroxylation is 3. The minimum atomic E-state index is 0.519. The molecule has 2 aromatic heterocycles. The van der Waals surface area contributed by atoms with Crippen LogP contribution in [0.1, 0.15) is 28.2 Å². The molecule has 144 valence electrons. The second-order valence-electron chi connectivity index (χ2n) is 6.70. The van der Waals surface area contributed by atoms with Gasteiger partial charge in [-0.15, -0.1) is 11.3 Å². The minimum Gasteiger partial charge on any atom is -0.481 e. The highest BCUT2D eigenvalue weighted by Gasteiger charge is 2.12. The third kappa shape index (κ3) is 4.89. The summed E-state index contributed by atoms with van der Waals surface area (Å²) in [7, 11) is 1.60. The summed E-state index contributed by atoms with van der Waals surface area (Å²) in [6.07, 6.45) is 4.67. The molecule has 0 unspecified atom stereocenters. The molecule has 0 saturated carbocycles. The van der Waals surface area contributed by atoms with Crippen molar-refractivity contribution in [2.75, 3.05) is 7.11 Å². The lowest BCUT2D eigenvalue weighted by molar-refractivity contribution is 0.398. The van der Waals surface area contributed by atoms with E-state index in [9.17, 15) is 0 Å². The molecule has 3 rings (SSSR count). The van der Waals surface area contributed by atoms with Crippen LogP contribution >= 0.6 is 11.3 Å². The van der Waals surface area contributed by atoms with E-state index in [0.717, 1.165) is 32.4 Å². The summed E-state index contributed by atoms with van der Waals surface area (Å²) in [6.45, 7) is 6.12. The lowest BCUT2D eigenvalue weighted by Gasteiger charge is -2.01. The highest BCUT2D eigenvalue weighted by atomic mass is 32.1. The predicted octanol–water partition coefficient (Wildman–Crippen LogP) is 5.49. The second kappa shape index (κ2) is 8.89. The van der Waals surface area contributed by atoms with E-state index < -0.39 is 0 Å². The molecule has 5 nitrogen and oxygen atoms in total. The molecule has 3 aromatic rings. The number of aliphatic imine (C=N–C) groups is 1. The number of thiazole rings is 1. The van der Waals surface area contributed by atoms with Gasteiger partial charge in [-0.3, -0.25) is 4.99 Å². The normalized spacial score (nSPS) is 11.1. The summed E-state index contributed by atoms with van der Waals surface area (Å²) >= 11 is 1.61. The number of ether oxygens (including phenoxy) is 1. The van der Waals surface area contributed by atoms with E-state index in [-0.39, 0.29) is 0 Å². The van der Waals surface area contributed by atoms with Crippen LogP contribution in [0.3, 0.4) is 0 Å². The highest BCUT2D eigenvalue weighted by Crippen LogP contribution is 2.30. The van der Waals surface area contributed by atoms with Gasteiger partial charge in [0, 0.05) is 42.6 Å². The summed E-state index contributed by atoms with van der Waals surface area (Å²) in [5.41, 5.74) is 5.91. The maximum atomic E-state index is 8.26. The van der Waals surface area contributed by atoms with E-state index in [0.29, 0.717) is 24.4 Å². The Morgan fingerprint density at radius 3 is 2.71 bits per heavy atom. The van der Waals surface area contributed by atoms with Crippen molar-refractivity contribution in [3.63, 3.8) is 0 Å². The SMILES string of the molecule is COc1ccc(-c2sc(CC(=N)CC=Nc3ccc(C)cc3C)nc2C)cn1. The van der Waals surface area contributed by atoms with Crippen LogP contribution in [-0.2, 0) is 6.42 Å². The zero-order valence-corrected chi connectivity index (χ0v) is 17.4. The fraction of sp³-hybridized carbons (Fsp3) is 0.273. The molecule has 0 radical (unpaired) electrons. The molecule has 0 aliphatic rings. The van der Waals surface area contributed by atoms with Gasteiger partial charge in [-0.1, -0.05) is 17.7 Å². The first-order chi connectivity index (χ1) is 13.5. The smallest absolute Gasteiger partial charge is 0.212 e. The van der Waals surface area contributed by atoms with Gasteiger partial charge in [0.2, 0.25) is 5.88 Å². The van der Waals surface area contributed by atoms with Crippen molar-refractivity contribution in [2.24, 2.45) is 4.99 Å². The number of rotatable bonds is 7. The van der Waals surface area contributed by atoms with E-state index in [1.807, 2.05) is 31.3 Å². The lowest BCUT2D eigenvalue weighted by Crippen LogP contribution is -2.01. The van der Waals surface area contributed by atoms with Crippen molar-refractivity contribution in [1.82, 2.24) is 9.97 Å². The third-order valence-electron chi connectivity index (χ3n) is 4.33. The Morgan fingerprint density at radius 2 is 2.04 bits per heavy atom. The summed E-state index contributed by atoms with van der Waals surface area (Å²) in [5, 5.41) is 9.20. The van der Waals surface area contributed by atoms with Gasteiger partial charge in [0.1, 0.15) is 0 Å². The molecule has 0 saturated heterocycles. The summed E-state index contributed by atoms with van der Waals surface area (Å²) in [5.74, 6) is 0.594. The Balaban J connectivity index is 1.63. The first kappa shape index (κ1) is 19.9. The fourth-order valence-electron chi connectivity index (χ4n) is 2.89. The Morgan fingerprint density at radius 1 is 1.21 bits per heavy atom. The molecule has 0 aliphatic heterocycles. The van der Waals surface area contributed by atoms with Gasteiger partial charge >= 0.3 is 0 Å². The minimum absolute atomic E-state index is 0.519. The summed E-state index contributed by atoms with van der Waals surface area (Å²) in [4.78, 5) is 14.5. The number of nitrogens with one attached hydrogen (secondary N) is 1. The van der Waals surface area contributed by atoms with Crippen LogP contribution in [0.15, 0.2) is 41.5 Å². The number of benzene rings is 1. The van der Waals surface area contributed by atoms with Crippen molar-refractivity contribution in [3.8, 4) is 16.3 Å². The summed E-state index contributed by atoms with van der Waals surface area (Å²) in [6, 6.07) is 10.0. The van der Waals surface area contributed by atoms with Crippen LogP contribution in [0.4, 0.5) is 5.69 Å². The van der Waals surface area contributed by atoms with Gasteiger partial charge in [-0.2, -0.15) is 0 Å². The van der Waals surface area contributed by atoms with Gasteiger partial charge in [-0.25, -0.2) is 9.97 Å². The number of hydrogen-bond acceptors (Lipinski definition) is 6. The van der Waals surface area contributed by atoms with Crippen LogP contribution in [0, 0.1) is 26.2 Å². The Hall–Kier alpha value is -2.86. The molecule has 0 amide bonds. The van der Waals surface area contributed by atoms with Crippen molar-refractivity contribution in [1.29, 1.82) is 5.41 Å². The molecule has 0 spiro atoms. The van der Waals surface area contributed by atoms with Gasteiger partial charge in [-0.05, 0) is 38.5 Å². The number of pyridine rings is 1. The highest BCUT2D eigenvalue weighted by molar-refractivity contribution is 7.15. The molecule has 28 heavy (non-hydrogen) atoms. The van der Waals surface area contributed by atoms with Crippen LogP contribution in [0.5, 0.6) is 5.88 Å². The first-order valence-electron chi connectivity index (χ1n) is 9.09. The Labute approximate surface area is 169 Å². The van der Waals surface area contributed by atoms with Gasteiger partial charge < -0.3 is 10.1 Å². The number of methoxy groups -OCH3 is 1. The zero-order chi connectivity index (χ0) is 20.1. The van der Waals surface area contributed by atoms with Gasteiger partial charge in [0.15, 0.2) is 0 Å². The molecular weight excluding hydrogens is 368 g/mol. The number of aromatic nitrogens is 2. The van der Waals surface area contributed by atoms with E-state index in [4.69, 9.17) is 10.1 Å². The molecule has 6 heteroatoms. The molecule has 2 heterocycles. The lowest BCUT2D eigenvalue weighted by atomic mass is 10.1. The van der Waals surface area contributed by atoms with E-state index in [1.54, 1.807) is 24.6 Å². The Kier molecular flexibility index (Phi) is 6.31. The quantitative estimate of drug-likeness (QED) is 0.540. The van der Waals surface area contributed by atoms with Crippen molar-refractivity contribution in [3.05, 3.63) is 58.4 Å². The maximum Gasteiger partial charge on any atom is 0.212 e. The van der Waals surface area contributed by atoms with Gasteiger partial charge in [0.05, 0.1) is 28.4 Å². The number of nitrogens with zero attached hydrogens (tertiary/aromatic N) is 3. The number of hydrogen-bond donors (Lipinski definition) is 1. The molecule has 0 bridgehead atoms. The van der Waals surface area contributed by atoms with Crippen molar-refractivity contribution in [2.45, 2.75) is 33.6 Å². The first-order valence-corrected chi connectivity index (χ1v) is 9.90. The van der Waals surface area contributed by atoms with E-state index >= 15 is 0 Å². The van der Waals surface area contributed by atoms with E-state index in [2.05, 4.69) is 40.9 Å². The molecule has 1 N–H and O–H groups in total. The van der Waals surface area contributed by atoms with Crippen molar-refractivity contribution < 1.29 is 4.74 Å². The van der Waals surface area contributed by atoms with Crippen LogP contribution in [0.25, 0.3) is 10.4 Å². The standard InChI is InChI=1S/C22H24N4OS/c1-14-5-7-19(15(2)11-14)24-10-9-18(23)12-21-26-16(3)22(28-21)17-6-8-20(27-4)25-13-17/h5-8,10-11,13,23H,9,12H2,1-4H3. The summed E-state index contributed by atoms with van der Waals surface area (Å²) < 4.78 is 5.11. The average molecular weight is 393 g/mol. The van der Waals surface area contributed by atoms with Crippen molar-refractivity contribution >= 4 is 29.0 Å². The van der Waals surface area contributed by atoms with Crippen LogP contribution in [0.2, 0.25) is 0 Å². The fourth-order valence-corrected chi connectivity index (χ4v) is 3.99. The predicted molar refractivity (Wildman–Crippen MR) is 117 cm³/mol. The van der Waals surface area contributed by atoms with E-state index in [1.165, 1.54) is 5.56 Å². The average Bonchev–Trinajstić information content (AvgIpc) is 3.03. The molecule has 0 atom stereocenters. The monoisotopic (exact) mass is 392 g/mol.